The largest absolute Gasteiger partial charge is 0.354 e. The molecule has 1 atom stereocenters. The van der Waals surface area contributed by atoms with Crippen molar-refractivity contribution in [3.8, 4) is 0 Å². The number of nitrogens with zero attached hydrogens (tertiary/aromatic N) is 4. The van der Waals surface area contributed by atoms with Crippen LogP contribution in [0, 0.1) is 5.92 Å². The van der Waals surface area contributed by atoms with Crippen molar-refractivity contribution in [2.75, 3.05) is 23.3 Å². The molecule has 1 aliphatic rings. The van der Waals surface area contributed by atoms with E-state index in [1.807, 2.05) is 0 Å². The van der Waals surface area contributed by atoms with Crippen molar-refractivity contribution in [3.05, 3.63) is 12.7 Å². The van der Waals surface area contributed by atoms with Gasteiger partial charge in [-0.2, -0.15) is 0 Å². The van der Waals surface area contributed by atoms with Gasteiger partial charge in [-0.1, -0.05) is 15.9 Å². The fraction of sp³-hybridized carbons (Fsp3) is 0.545. The minimum Gasteiger partial charge on any atom is -0.354 e. The van der Waals surface area contributed by atoms with Gasteiger partial charge in [0.05, 0.1) is 6.33 Å². The molecule has 0 saturated carbocycles. The summed E-state index contributed by atoms with van der Waals surface area (Å²) in [5.41, 5.74) is 1.69. The van der Waals surface area contributed by atoms with Gasteiger partial charge in [0, 0.05) is 18.4 Å². The normalized spacial score (nSPS) is 21.0. The van der Waals surface area contributed by atoms with E-state index in [-0.39, 0.29) is 0 Å². The van der Waals surface area contributed by atoms with Crippen LogP contribution in [0.1, 0.15) is 12.8 Å². The Morgan fingerprint density at radius 1 is 1.41 bits per heavy atom. The van der Waals surface area contributed by atoms with Crippen molar-refractivity contribution < 1.29 is 0 Å². The number of anilines is 1. The van der Waals surface area contributed by atoms with Gasteiger partial charge in [-0.15, -0.1) is 0 Å². The van der Waals surface area contributed by atoms with Crippen LogP contribution in [0.2, 0.25) is 0 Å². The van der Waals surface area contributed by atoms with Gasteiger partial charge in [-0.3, -0.25) is 0 Å². The Kier molecular flexibility index (Phi) is 2.96. The van der Waals surface area contributed by atoms with Crippen LogP contribution >= 0.6 is 15.9 Å². The molecule has 1 saturated heterocycles. The topological polar surface area (TPSA) is 57.7 Å². The number of H-pyrrole nitrogens is 1. The molecule has 0 amide bonds. The third kappa shape index (κ3) is 2.01. The van der Waals surface area contributed by atoms with Gasteiger partial charge >= 0.3 is 0 Å². The molecule has 17 heavy (non-hydrogen) atoms. The molecular formula is C11H14BrN5. The maximum Gasteiger partial charge on any atom is 0.182 e. The number of imidazole rings is 1. The van der Waals surface area contributed by atoms with Gasteiger partial charge in [0.25, 0.3) is 0 Å². The molecule has 0 aromatic carbocycles. The maximum atomic E-state index is 4.40. The van der Waals surface area contributed by atoms with E-state index in [1.165, 1.54) is 12.8 Å². The smallest absolute Gasteiger partial charge is 0.182 e. The molecule has 3 rings (SSSR count). The lowest BCUT2D eigenvalue weighted by Crippen LogP contribution is -2.36. The van der Waals surface area contributed by atoms with E-state index in [4.69, 9.17) is 0 Å². The van der Waals surface area contributed by atoms with Crippen LogP contribution in [0.5, 0.6) is 0 Å². The van der Waals surface area contributed by atoms with Gasteiger partial charge in [0.2, 0.25) is 0 Å². The molecule has 90 valence electrons. The van der Waals surface area contributed by atoms with E-state index in [9.17, 15) is 0 Å². The van der Waals surface area contributed by atoms with E-state index in [0.717, 1.165) is 35.4 Å². The zero-order valence-electron chi connectivity index (χ0n) is 9.43. The SMILES string of the molecule is BrCC1CCCN(c2ncnc3nc[nH]c23)C1. The number of piperidine rings is 1. The van der Waals surface area contributed by atoms with E-state index in [2.05, 4.69) is 40.8 Å². The average Bonchev–Trinajstić information content (AvgIpc) is 2.87. The highest BCUT2D eigenvalue weighted by atomic mass is 79.9. The molecule has 1 aliphatic heterocycles. The van der Waals surface area contributed by atoms with Crippen molar-refractivity contribution in [2.24, 2.45) is 5.92 Å². The lowest BCUT2D eigenvalue weighted by Gasteiger charge is -2.32. The van der Waals surface area contributed by atoms with Crippen LogP contribution in [-0.2, 0) is 0 Å². The number of alkyl halides is 1. The average molecular weight is 296 g/mol. The quantitative estimate of drug-likeness (QED) is 0.861. The summed E-state index contributed by atoms with van der Waals surface area (Å²) >= 11 is 3.57. The van der Waals surface area contributed by atoms with Gasteiger partial charge in [0.1, 0.15) is 11.8 Å². The summed E-state index contributed by atoms with van der Waals surface area (Å²) in [5.74, 6) is 1.69. The first-order chi connectivity index (χ1) is 8.38. The highest BCUT2D eigenvalue weighted by Crippen LogP contribution is 2.26. The Morgan fingerprint density at radius 2 is 2.35 bits per heavy atom. The molecule has 2 aromatic rings. The molecule has 3 heterocycles. The van der Waals surface area contributed by atoms with Gasteiger partial charge in [0.15, 0.2) is 11.5 Å². The fourth-order valence-electron chi connectivity index (χ4n) is 2.38. The standard InChI is InChI=1S/C11H14BrN5/c12-4-8-2-1-3-17(5-8)11-9-10(14-6-13-9)15-7-16-11/h6-8H,1-5H2,(H,13,14,15,16). The summed E-state index contributed by atoms with van der Waals surface area (Å²) in [5, 5.41) is 1.06. The van der Waals surface area contributed by atoms with Crippen molar-refractivity contribution >= 4 is 32.9 Å². The molecule has 5 nitrogen and oxygen atoms in total. The number of halogens is 1. The highest BCUT2D eigenvalue weighted by molar-refractivity contribution is 9.09. The summed E-state index contributed by atoms with van der Waals surface area (Å²) in [6.07, 6.45) is 5.78. The second-order valence-electron chi connectivity index (χ2n) is 4.41. The van der Waals surface area contributed by atoms with E-state index < -0.39 is 0 Å². The molecule has 2 aromatic heterocycles. The van der Waals surface area contributed by atoms with E-state index >= 15 is 0 Å². The first kappa shape index (κ1) is 11.0. The minimum atomic E-state index is 0.705. The van der Waals surface area contributed by atoms with Crippen LogP contribution in [0.25, 0.3) is 11.2 Å². The van der Waals surface area contributed by atoms with Crippen molar-refractivity contribution in [2.45, 2.75) is 12.8 Å². The van der Waals surface area contributed by atoms with Gasteiger partial charge < -0.3 is 9.88 Å². The molecule has 1 unspecified atom stereocenters. The monoisotopic (exact) mass is 295 g/mol. The van der Waals surface area contributed by atoms with Crippen LogP contribution in [0.3, 0.4) is 0 Å². The number of fused-ring (bicyclic) bond motifs is 1. The number of aromatic amines is 1. The van der Waals surface area contributed by atoms with E-state index in [0.29, 0.717) is 5.92 Å². The van der Waals surface area contributed by atoms with Crippen LogP contribution in [0.15, 0.2) is 12.7 Å². The van der Waals surface area contributed by atoms with Crippen molar-refractivity contribution in [1.82, 2.24) is 19.9 Å². The summed E-state index contributed by atoms with van der Waals surface area (Å²) in [7, 11) is 0. The summed E-state index contributed by atoms with van der Waals surface area (Å²) < 4.78 is 0. The Bertz CT molecular complexity index is 511. The number of hydrogen-bond donors (Lipinski definition) is 1. The zero-order valence-corrected chi connectivity index (χ0v) is 11.0. The summed E-state index contributed by atoms with van der Waals surface area (Å²) in [4.78, 5) is 18.2. The van der Waals surface area contributed by atoms with Gasteiger partial charge in [-0.05, 0) is 18.8 Å². The third-order valence-corrected chi connectivity index (χ3v) is 4.16. The maximum absolute atomic E-state index is 4.40. The Labute approximate surface area is 108 Å². The third-order valence-electron chi connectivity index (χ3n) is 3.24. The van der Waals surface area contributed by atoms with Crippen LogP contribution in [0.4, 0.5) is 5.82 Å². The molecule has 0 radical (unpaired) electrons. The Hall–Kier alpha value is -1.17. The van der Waals surface area contributed by atoms with Gasteiger partial charge in [-0.25, -0.2) is 15.0 Å². The molecule has 6 heteroatoms. The highest BCUT2D eigenvalue weighted by Gasteiger charge is 2.22. The summed E-state index contributed by atoms with van der Waals surface area (Å²) in [6, 6.07) is 0. The number of aromatic nitrogens is 4. The lowest BCUT2D eigenvalue weighted by atomic mass is 10.0. The number of nitrogens with one attached hydrogen (secondary N) is 1. The predicted octanol–water partition coefficient (Wildman–Crippen LogP) is 1.96. The molecule has 1 fully saturated rings. The first-order valence-electron chi connectivity index (χ1n) is 5.83. The van der Waals surface area contributed by atoms with Crippen LogP contribution < -0.4 is 4.90 Å². The molecule has 0 bridgehead atoms. The second kappa shape index (κ2) is 4.60. The van der Waals surface area contributed by atoms with Crippen molar-refractivity contribution in [3.63, 3.8) is 0 Å². The van der Waals surface area contributed by atoms with Crippen LogP contribution in [-0.4, -0.2) is 38.4 Å². The summed E-state index contributed by atoms with van der Waals surface area (Å²) in [6.45, 7) is 2.12. The predicted molar refractivity (Wildman–Crippen MR) is 70.4 cm³/mol. The minimum absolute atomic E-state index is 0.705. The lowest BCUT2D eigenvalue weighted by molar-refractivity contribution is 0.453. The molecule has 0 aliphatic carbocycles. The number of rotatable bonds is 2. The Balaban J connectivity index is 1.94. The molecule has 0 spiro atoms. The zero-order chi connectivity index (χ0) is 11.7. The molecule has 1 N–H and O–H groups in total. The van der Waals surface area contributed by atoms with Crippen molar-refractivity contribution in [1.29, 1.82) is 0 Å². The second-order valence-corrected chi connectivity index (χ2v) is 5.05. The van der Waals surface area contributed by atoms with E-state index in [1.54, 1.807) is 12.7 Å². The molecular weight excluding hydrogens is 282 g/mol. The Morgan fingerprint density at radius 3 is 3.24 bits per heavy atom. The number of hydrogen-bond acceptors (Lipinski definition) is 4. The fourth-order valence-corrected chi connectivity index (χ4v) is 2.90. The first-order valence-corrected chi connectivity index (χ1v) is 6.95.